The Morgan fingerprint density at radius 1 is 0.943 bits per heavy atom. The number of anilines is 1. The van der Waals surface area contributed by atoms with Gasteiger partial charge in [0.1, 0.15) is 22.5 Å². The van der Waals surface area contributed by atoms with E-state index in [4.69, 9.17) is 0 Å². The lowest BCUT2D eigenvalue weighted by Gasteiger charge is -2.31. The summed E-state index contributed by atoms with van der Waals surface area (Å²) in [5, 5.41) is 3.73. The first-order valence-corrected chi connectivity index (χ1v) is 12.4. The van der Waals surface area contributed by atoms with E-state index in [1.807, 2.05) is 18.3 Å². The Morgan fingerprint density at radius 2 is 1.71 bits per heavy atom. The summed E-state index contributed by atoms with van der Waals surface area (Å²) >= 11 is 1.76. The molecule has 2 aromatic carbocycles. The fourth-order valence-corrected chi connectivity index (χ4v) is 6.56. The van der Waals surface area contributed by atoms with Gasteiger partial charge in [0.2, 0.25) is 0 Å². The smallest absolute Gasteiger partial charge is 0.310 e. The van der Waals surface area contributed by atoms with E-state index < -0.39 is 23.7 Å². The second kappa shape index (κ2) is 8.61. The van der Waals surface area contributed by atoms with Gasteiger partial charge in [-0.15, -0.1) is 11.3 Å². The third kappa shape index (κ3) is 3.82. The van der Waals surface area contributed by atoms with Crippen molar-refractivity contribution in [2.45, 2.75) is 38.3 Å². The van der Waals surface area contributed by atoms with Crippen LogP contribution in [0.4, 0.5) is 23.7 Å². The number of aryl methyl sites for hydroxylation is 1. The Morgan fingerprint density at radius 3 is 2.51 bits per heavy atom. The van der Waals surface area contributed by atoms with E-state index in [0.717, 1.165) is 59.6 Å². The Bertz CT molecular complexity index is 1430. The van der Waals surface area contributed by atoms with Gasteiger partial charge in [0.15, 0.2) is 0 Å². The Kier molecular flexibility index (Phi) is 5.40. The maximum atomic E-state index is 14.4. The van der Waals surface area contributed by atoms with E-state index in [-0.39, 0.29) is 11.5 Å². The van der Waals surface area contributed by atoms with Crippen LogP contribution in [0.3, 0.4) is 0 Å². The summed E-state index contributed by atoms with van der Waals surface area (Å²) < 4.78 is 43.7. The molecule has 4 nitrogen and oxygen atoms in total. The summed E-state index contributed by atoms with van der Waals surface area (Å²) in [6.07, 6.45) is 6.23. The molecule has 0 radical (unpaired) electrons. The molecule has 1 aliphatic carbocycles. The minimum atomic E-state index is -0.844. The molecule has 0 saturated carbocycles. The van der Waals surface area contributed by atoms with E-state index in [2.05, 4.69) is 9.88 Å². The highest BCUT2D eigenvalue weighted by molar-refractivity contribution is 7.15. The third-order valence-electron chi connectivity index (χ3n) is 6.80. The lowest BCUT2D eigenvalue weighted by atomic mass is 9.95. The van der Waals surface area contributed by atoms with Gasteiger partial charge in [-0.25, -0.2) is 18.0 Å². The number of benzene rings is 2. The van der Waals surface area contributed by atoms with Crippen LogP contribution >= 0.6 is 11.3 Å². The van der Waals surface area contributed by atoms with Gasteiger partial charge in [0.05, 0.1) is 24.0 Å². The summed E-state index contributed by atoms with van der Waals surface area (Å²) in [6.45, 7) is 0.319. The molecule has 0 bridgehead atoms. The molecular weight excluding hydrogens is 471 g/mol. The van der Waals surface area contributed by atoms with Crippen molar-refractivity contribution in [2.24, 2.45) is 0 Å². The lowest BCUT2D eigenvalue weighted by Crippen LogP contribution is -2.38. The zero-order chi connectivity index (χ0) is 24.1. The van der Waals surface area contributed by atoms with E-state index in [9.17, 15) is 18.0 Å². The molecule has 1 aliphatic heterocycles. The van der Waals surface area contributed by atoms with Crippen molar-refractivity contribution in [3.05, 3.63) is 106 Å². The first kappa shape index (κ1) is 22.0. The van der Waals surface area contributed by atoms with Crippen LogP contribution in [0.25, 0.3) is 5.00 Å². The zero-order valence-electron chi connectivity index (χ0n) is 18.7. The number of urea groups is 1. The van der Waals surface area contributed by atoms with Gasteiger partial charge in [-0.1, -0.05) is 12.1 Å². The van der Waals surface area contributed by atoms with Crippen LogP contribution in [0.1, 0.15) is 46.1 Å². The molecule has 0 fully saturated rings. The molecule has 0 saturated heterocycles. The van der Waals surface area contributed by atoms with Crippen LogP contribution in [-0.2, 0) is 19.4 Å². The summed E-state index contributed by atoms with van der Waals surface area (Å²) in [7, 11) is 0. The number of thiophene rings is 1. The van der Waals surface area contributed by atoms with Crippen molar-refractivity contribution in [3.63, 3.8) is 0 Å². The molecule has 2 aliphatic rings. The number of carbonyl (C=O) groups is 1. The first-order chi connectivity index (χ1) is 17.0. The summed E-state index contributed by atoms with van der Waals surface area (Å²) in [4.78, 5) is 16.7. The predicted octanol–water partition coefficient (Wildman–Crippen LogP) is 6.97. The number of hydrogen-bond donors (Lipinski definition) is 1. The van der Waals surface area contributed by atoms with Crippen LogP contribution in [0.15, 0.2) is 60.8 Å². The number of halogens is 3. The monoisotopic (exact) mass is 493 g/mol. The number of rotatable bonds is 2. The van der Waals surface area contributed by atoms with Crippen LogP contribution in [0, 0.1) is 17.5 Å². The van der Waals surface area contributed by atoms with Crippen LogP contribution < -0.4 is 5.32 Å². The van der Waals surface area contributed by atoms with Crippen molar-refractivity contribution in [2.75, 3.05) is 5.32 Å². The minimum absolute atomic E-state index is 0.0959. The number of hydrogen-bond acceptors (Lipinski definition) is 2. The third-order valence-corrected chi connectivity index (χ3v) is 8.13. The highest BCUT2D eigenvalue weighted by atomic mass is 32.1. The molecule has 2 aromatic heterocycles. The molecule has 1 N–H and O–H groups in total. The fourth-order valence-electron chi connectivity index (χ4n) is 5.16. The maximum Gasteiger partial charge on any atom is 0.323 e. The average molecular weight is 494 g/mol. The van der Waals surface area contributed by atoms with Crippen molar-refractivity contribution < 1.29 is 18.0 Å². The quantitative estimate of drug-likeness (QED) is 0.322. The molecule has 3 heterocycles. The molecule has 2 amide bonds. The topological polar surface area (TPSA) is 37.3 Å². The molecule has 8 heteroatoms. The Labute approximate surface area is 204 Å². The normalized spacial score (nSPS) is 16.8. The van der Waals surface area contributed by atoms with E-state index >= 15 is 0 Å². The summed E-state index contributed by atoms with van der Waals surface area (Å²) in [5.74, 6) is -1.93. The van der Waals surface area contributed by atoms with Crippen LogP contribution in [-0.4, -0.2) is 15.5 Å². The van der Waals surface area contributed by atoms with Gasteiger partial charge in [0, 0.05) is 22.7 Å². The van der Waals surface area contributed by atoms with Gasteiger partial charge in [-0.3, -0.25) is 0 Å². The molecular formula is C27H22F3N3OS. The maximum absolute atomic E-state index is 14.4. The Balaban J connectivity index is 1.49. The first-order valence-electron chi connectivity index (χ1n) is 11.6. The van der Waals surface area contributed by atoms with E-state index in [0.29, 0.717) is 6.54 Å². The highest BCUT2D eigenvalue weighted by Crippen LogP contribution is 2.44. The standard InChI is InChI=1S/C27H22F3N3OS/c28-17-9-7-16(8-10-17)25-23-5-3-13-32(23)26-20(19-4-1-2-6-24(19)35-26)15-33(25)27(34)31-22-12-11-18(29)14-21(22)30/h3,5,7-14,25H,1-2,4,6,15H2,(H,31,34)/t25-/m0/s1. The van der Waals surface area contributed by atoms with Gasteiger partial charge < -0.3 is 14.8 Å². The SMILES string of the molecule is O=C(Nc1ccc(F)cc1F)N1Cc2c(sc3c2CCCC3)-n2cccc2[C@@H]1c1ccc(F)cc1. The van der Waals surface area contributed by atoms with Crippen LogP contribution in [0.2, 0.25) is 0 Å². The number of nitrogens with one attached hydrogen (secondary N) is 1. The fraction of sp³-hybridized carbons (Fsp3) is 0.222. The predicted molar refractivity (Wildman–Crippen MR) is 129 cm³/mol. The molecule has 0 unspecified atom stereocenters. The average Bonchev–Trinajstić information content (AvgIpc) is 3.43. The highest BCUT2D eigenvalue weighted by Gasteiger charge is 2.36. The van der Waals surface area contributed by atoms with Crippen molar-refractivity contribution in [1.82, 2.24) is 9.47 Å². The summed E-state index contributed by atoms with van der Waals surface area (Å²) in [6, 6.07) is 12.0. The van der Waals surface area contributed by atoms with Crippen molar-refractivity contribution >= 4 is 23.1 Å². The second-order valence-corrected chi connectivity index (χ2v) is 10.0. The molecule has 35 heavy (non-hydrogen) atoms. The number of fused-ring (bicyclic) bond motifs is 5. The number of amides is 2. The van der Waals surface area contributed by atoms with Gasteiger partial charge >= 0.3 is 6.03 Å². The van der Waals surface area contributed by atoms with E-state index in [1.54, 1.807) is 28.4 Å². The molecule has 0 spiro atoms. The molecule has 1 atom stereocenters. The number of aromatic nitrogens is 1. The molecule has 178 valence electrons. The van der Waals surface area contributed by atoms with Gasteiger partial charge in [-0.05, 0) is 73.2 Å². The van der Waals surface area contributed by atoms with Crippen LogP contribution in [0.5, 0.6) is 0 Å². The zero-order valence-corrected chi connectivity index (χ0v) is 19.5. The number of nitrogens with zero attached hydrogens (tertiary/aromatic N) is 2. The second-order valence-electron chi connectivity index (χ2n) is 8.93. The van der Waals surface area contributed by atoms with Gasteiger partial charge in [0.25, 0.3) is 0 Å². The summed E-state index contributed by atoms with van der Waals surface area (Å²) in [5.41, 5.74) is 3.90. The largest absolute Gasteiger partial charge is 0.323 e. The Hall–Kier alpha value is -3.52. The molecule has 6 rings (SSSR count). The van der Waals surface area contributed by atoms with Gasteiger partial charge in [-0.2, -0.15) is 0 Å². The molecule has 4 aromatic rings. The van der Waals surface area contributed by atoms with E-state index in [1.165, 1.54) is 28.6 Å². The van der Waals surface area contributed by atoms with Crippen molar-refractivity contribution in [1.29, 1.82) is 0 Å². The van der Waals surface area contributed by atoms with Crippen molar-refractivity contribution in [3.8, 4) is 5.00 Å². The minimum Gasteiger partial charge on any atom is -0.310 e. The lowest BCUT2D eigenvalue weighted by molar-refractivity contribution is 0.194. The number of carbonyl (C=O) groups excluding carboxylic acids is 1.